The summed E-state index contributed by atoms with van der Waals surface area (Å²) in [6, 6.07) is -0.432. The van der Waals surface area contributed by atoms with E-state index < -0.39 is 12.0 Å². The van der Waals surface area contributed by atoms with Gasteiger partial charge in [0.15, 0.2) is 0 Å². The van der Waals surface area contributed by atoms with Gasteiger partial charge in [-0.1, -0.05) is 0 Å². The van der Waals surface area contributed by atoms with Crippen molar-refractivity contribution in [2.45, 2.75) is 19.9 Å². The molecule has 0 spiro atoms. The van der Waals surface area contributed by atoms with E-state index in [2.05, 4.69) is 20.9 Å². The van der Waals surface area contributed by atoms with Crippen molar-refractivity contribution in [3.63, 3.8) is 0 Å². The summed E-state index contributed by atoms with van der Waals surface area (Å²) in [6.07, 6.45) is 0.198. The molecule has 0 bridgehead atoms. The molecule has 1 aromatic heterocycles. The van der Waals surface area contributed by atoms with Crippen LogP contribution in [-0.2, 0) is 11.3 Å². The normalized spacial score (nSPS) is 9.90. The van der Waals surface area contributed by atoms with Gasteiger partial charge in [0, 0.05) is 20.0 Å². The Morgan fingerprint density at radius 1 is 1.30 bits per heavy atom. The molecule has 8 nitrogen and oxygen atoms in total. The van der Waals surface area contributed by atoms with Gasteiger partial charge in [-0.3, -0.25) is 4.79 Å². The Morgan fingerprint density at radius 3 is 2.55 bits per heavy atom. The van der Waals surface area contributed by atoms with Crippen molar-refractivity contribution in [2.24, 2.45) is 0 Å². The zero-order valence-electron chi connectivity index (χ0n) is 11.1. The quantitative estimate of drug-likeness (QED) is 0.593. The van der Waals surface area contributed by atoms with Gasteiger partial charge in [0.25, 0.3) is 0 Å². The number of aromatic nitrogens is 1. The smallest absolute Gasteiger partial charge is 0.347 e. The summed E-state index contributed by atoms with van der Waals surface area (Å²) in [5, 5.41) is 16.9. The van der Waals surface area contributed by atoms with E-state index in [0.717, 1.165) is 11.3 Å². The van der Waals surface area contributed by atoms with Crippen LogP contribution in [0.2, 0.25) is 0 Å². The Bertz CT molecular complexity index is 515. The molecular formula is C11H16N4O4S. The van der Waals surface area contributed by atoms with Crippen LogP contribution >= 0.6 is 11.3 Å². The van der Waals surface area contributed by atoms with E-state index in [1.807, 2.05) is 0 Å². The van der Waals surface area contributed by atoms with E-state index in [0.29, 0.717) is 10.7 Å². The number of nitrogens with zero attached hydrogens (tertiary/aromatic N) is 1. The monoisotopic (exact) mass is 300 g/mol. The number of carbonyl (C=O) groups is 3. The summed E-state index contributed by atoms with van der Waals surface area (Å²) in [5.74, 6) is -1.19. The molecule has 0 aliphatic rings. The minimum Gasteiger partial charge on any atom is -0.477 e. The van der Waals surface area contributed by atoms with Crippen LogP contribution < -0.4 is 16.0 Å². The van der Waals surface area contributed by atoms with Gasteiger partial charge < -0.3 is 21.1 Å². The molecule has 1 aromatic rings. The summed E-state index contributed by atoms with van der Waals surface area (Å²) in [5.41, 5.74) is 0.430. The first-order valence-electron chi connectivity index (χ1n) is 5.86. The number of rotatable bonds is 6. The second kappa shape index (κ2) is 7.43. The number of thiazole rings is 1. The number of carboxylic acid groups (broad SMARTS) is 1. The lowest BCUT2D eigenvalue weighted by Gasteiger charge is -2.05. The summed E-state index contributed by atoms with van der Waals surface area (Å²) in [4.78, 5) is 37.4. The first-order chi connectivity index (χ1) is 9.43. The first kappa shape index (κ1) is 15.9. The summed E-state index contributed by atoms with van der Waals surface area (Å²) in [7, 11) is 1.52. The minimum absolute atomic E-state index is 0.143. The molecule has 0 atom stereocenters. The molecule has 0 saturated carbocycles. The topological polar surface area (TPSA) is 120 Å². The fourth-order valence-corrected chi connectivity index (χ4v) is 2.20. The molecule has 0 unspecified atom stereocenters. The van der Waals surface area contributed by atoms with Gasteiger partial charge in [-0.15, -0.1) is 11.3 Å². The van der Waals surface area contributed by atoms with Crippen molar-refractivity contribution in [2.75, 3.05) is 13.6 Å². The summed E-state index contributed by atoms with van der Waals surface area (Å²) >= 11 is 1.02. The van der Waals surface area contributed by atoms with Crippen LogP contribution in [0.1, 0.15) is 26.8 Å². The maximum absolute atomic E-state index is 11.4. The fourth-order valence-electron chi connectivity index (χ4n) is 1.36. The first-order valence-corrected chi connectivity index (χ1v) is 6.67. The standard InChI is InChI=1S/C11H16N4O4S/c1-6-9(10(17)18)20-8(15-6)5-14-11(19)13-4-3-7(16)12-2/h3-5H2,1-2H3,(H,12,16)(H,17,18)(H2,13,14,19). The number of aryl methyl sites for hydroxylation is 1. The molecule has 9 heteroatoms. The number of urea groups is 1. The number of aromatic carboxylic acids is 1. The molecule has 0 saturated heterocycles. The highest BCUT2D eigenvalue weighted by molar-refractivity contribution is 7.13. The molecule has 4 N–H and O–H groups in total. The van der Waals surface area contributed by atoms with Crippen LogP contribution in [0, 0.1) is 6.92 Å². The van der Waals surface area contributed by atoms with E-state index in [1.54, 1.807) is 6.92 Å². The molecule has 0 aromatic carbocycles. The molecule has 0 aliphatic heterocycles. The second-order valence-electron chi connectivity index (χ2n) is 3.86. The maximum Gasteiger partial charge on any atom is 0.347 e. The average molecular weight is 300 g/mol. The van der Waals surface area contributed by atoms with Crippen LogP contribution in [-0.4, -0.2) is 41.6 Å². The second-order valence-corrected chi connectivity index (χ2v) is 4.94. The third kappa shape index (κ3) is 4.84. The predicted molar refractivity (Wildman–Crippen MR) is 72.7 cm³/mol. The van der Waals surface area contributed by atoms with E-state index in [1.165, 1.54) is 7.05 Å². The van der Waals surface area contributed by atoms with Crippen molar-refractivity contribution in [1.82, 2.24) is 20.9 Å². The zero-order valence-corrected chi connectivity index (χ0v) is 12.0. The van der Waals surface area contributed by atoms with Crippen molar-refractivity contribution in [3.05, 3.63) is 15.6 Å². The van der Waals surface area contributed by atoms with Gasteiger partial charge in [-0.25, -0.2) is 14.6 Å². The highest BCUT2D eigenvalue weighted by atomic mass is 32.1. The highest BCUT2D eigenvalue weighted by Crippen LogP contribution is 2.17. The molecule has 20 heavy (non-hydrogen) atoms. The van der Waals surface area contributed by atoms with E-state index in [9.17, 15) is 14.4 Å². The lowest BCUT2D eigenvalue weighted by molar-refractivity contribution is -0.120. The predicted octanol–water partition coefficient (Wildman–Crippen LogP) is 0.0850. The SMILES string of the molecule is CNC(=O)CCNC(=O)NCc1nc(C)c(C(=O)O)s1. The minimum atomic E-state index is -1.03. The van der Waals surface area contributed by atoms with E-state index in [-0.39, 0.29) is 30.3 Å². The largest absolute Gasteiger partial charge is 0.477 e. The van der Waals surface area contributed by atoms with Crippen LogP contribution in [0.5, 0.6) is 0 Å². The third-order valence-electron chi connectivity index (χ3n) is 2.35. The Balaban J connectivity index is 2.36. The van der Waals surface area contributed by atoms with Crippen LogP contribution in [0.15, 0.2) is 0 Å². The van der Waals surface area contributed by atoms with Gasteiger partial charge >= 0.3 is 12.0 Å². The number of carboxylic acids is 1. The molecular weight excluding hydrogens is 284 g/mol. The number of carbonyl (C=O) groups excluding carboxylic acids is 2. The fraction of sp³-hybridized carbons (Fsp3) is 0.455. The van der Waals surface area contributed by atoms with Crippen molar-refractivity contribution < 1.29 is 19.5 Å². The van der Waals surface area contributed by atoms with Crippen LogP contribution in [0.4, 0.5) is 4.79 Å². The van der Waals surface area contributed by atoms with Crippen molar-refractivity contribution in [1.29, 1.82) is 0 Å². The molecule has 3 amide bonds. The van der Waals surface area contributed by atoms with Crippen molar-refractivity contribution >= 4 is 29.2 Å². The lowest BCUT2D eigenvalue weighted by Crippen LogP contribution is -2.37. The third-order valence-corrected chi connectivity index (χ3v) is 3.50. The number of hydrogen-bond donors (Lipinski definition) is 4. The van der Waals surface area contributed by atoms with E-state index in [4.69, 9.17) is 5.11 Å². The Hall–Kier alpha value is -2.16. The Kier molecular flexibility index (Phi) is 5.91. The van der Waals surface area contributed by atoms with Gasteiger partial charge in [0.2, 0.25) is 5.91 Å². The number of hydrogen-bond acceptors (Lipinski definition) is 5. The van der Waals surface area contributed by atoms with Gasteiger partial charge in [0.05, 0.1) is 12.2 Å². The molecule has 0 aliphatic carbocycles. The average Bonchev–Trinajstić information content (AvgIpc) is 2.77. The Morgan fingerprint density at radius 2 is 2.00 bits per heavy atom. The molecule has 0 radical (unpaired) electrons. The lowest BCUT2D eigenvalue weighted by atomic mass is 10.4. The number of amides is 3. The highest BCUT2D eigenvalue weighted by Gasteiger charge is 2.14. The molecule has 1 rings (SSSR count). The Labute approximate surface area is 119 Å². The van der Waals surface area contributed by atoms with Gasteiger partial charge in [0.1, 0.15) is 9.88 Å². The van der Waals surface area contributed by atoms with Crippen LogP contribution in [0.3, 0.4) is 0 Å². The van der Waals surface area contributed by atoms with Gasteiger partial charge in [-0.2, -0.15) is 0 Å². The molecule has 1 heterocycles. The number of nitrogens with one attached hydrogen (secondary N) is 3. The molecule has 110 valence electrons. The van der Waals surface area contributed by atoms with E-state index >= 15 is 0 Å². The van der Waals surface area contributed by atoms with Gasteiger partial charge in [-0.05, 0) is 6.92 Å². The summed E-state index contributed by atoms with van der Waals surface area (Å²) < 4.78 is 0. The maximum atomic E-state index is 11.4. The van der Waals surface area contributed by atoms with Crippen molar-refractivity contribution in [3.8, 4) is 0 Å². The zero-order chi connectivity index (χ0) is 15.1. The molecule has 0 fully saturated rings. The van der Waals surface area contributed by atoms with Crippen LogP contribution in [0.25, 0.3) is 0 Å². The summed E-state index contributed by atoms with van der Waals surface area (Å²) in [6.45, 7) is 1.97.